The molecule has 4 heteroatoms. The molecule has 2 rings (SSSR count). The van der Waals surface area contributed by atoms with E-state index < -0.39 is 0 Å². The number of ether oxygens (including phenoxy) is 1. The van der Waals surface area contributed by atoms with Gasteiger partial charge in [-0.3, -0.25) is 4.79 Å². The third-order valence-corrected chi connectivity index (χ3v) is 4.45. The molecule has 0 radical (unpaired) electrons. The predicted octanol–water partition coefficient (Wildman–Crippen LogP) is 4.06. The number of carbonyl (C=O) groups is 1. The molecule has 0 fully saturated rings. The molecule has 0 aromatic heterocycles. The first-order chi connectivity index (χ1) is 11.0. The van der Waals surface area contributed by atoms with Crippen LogP contribution < -0.4 is 10.1 Å². The van der Waals surface area contributed by atoms with Gasteiger partial charge in [0.1, 0.15) is 12.4 Å². The Morgan fingerprint density at radius 3 is 2.39 bits per heavy atom. The molecular weight excluding hydrogens is 306 g/mol. The molecule has 2 aromatic rings. The Morgan fingerprint density at radius 2 is 1.74 bits per heavy atom. The van der Waals surface area contributed by atoms with E-state index in [-0.39, 0.29) is 17.2 Å². The van der Waals surface area contributed by atoms with E-state index in [9.17, 15) is 4.79 Å². The number of hydrogen-bond acceptors (Lipinski definition) is 3. The minimum atomic E-state index is -0.140. The Hall–Kier alpha value is -1.94. The van der Waals surface area contributed by atoms with Gasteiger partial charge in [0.2, 0.25) is 5.91 Å². The van der Waals surface area contributed by atoms with Crippen molar-refractivity contribution in [2.75, 3.05) is 6.61 Å². The van der Waals surface area contributed by atoms with Crippen LogP contribution in [0.4, 0.5) is 0 Å². The Balaban J connectivity index is 1.76. The number of amides is 1. The predicted molar refractivity (Wildman–Crippen MR) is 96.0 cm³/mol. The maximum Gasteiger partial charge on any atom is 0.233 e. The van der Waals surface area contributed by atoms with E-state index in [0.29, 0.717) is 6.61 Å². The first-order valence-corrected chi connectivity index (χ1v) is 8.64. The molecule has 3 nitrogen and oxygen atoms in total. The maximum absolute atomic E-state index is 12.2. The van der Waals surface area contributed by atoms with Gasteiger partial charge in [0.05, 0.1) is 11.3 Å². The second-order valence-corrected chi connectivity index (χ2v) is 7.02. The monoisotopic (exact) mass is 329 g/mol. The van der Waals surface area contributed by atoms with Gasteiger partial charge in [-0.1, -0.05) is 35.9 Å². The van der Waals surface area contributed by atoms with Gasteiger partial charge in [0.25, 0.3) is 0 Å². The van der Waals surface area contributed by atoms with Gasteiger partial charge >= 0.3 is 0 Å². The summed E-state index contributed by atoms with van der Waals surface area (Å²) in [4.78, 5) is 13.3. The van der Waals surface area contributed by atoms with Gasteiger partial charge < -0.3 is 10.1 Å². The SMILES string of the molecule is Cc1ccc(OC[C@@H](C)NC(=O)[C@@H](C)Sc2ccccc2)cc1. The summed E-state index contributed by atoms with van der Waals surface area (Å²) in [6.45, 7) is 6.36. The third-order valence-electron chi connectivity index (χ3n) is 3.33. The Bertz CT molecular complexity index is 613. The van der Waals surface area contributed by atoms with Crippen LogP contribution in [-0.2, 0) is 4.79 Å². The van der Waals surface area contributed by atoms with Crippen LogP contribution >= 0.6 is 11.8 Å². The zero-order valence-electron chi connectivity index (χ0n) is 13.8. The van der Waals surface area contributed by atoms with Gasteiger partial charge in [-0.05, 0) is 45.0 Å². The summed E-state index contributed by atoms with van der Waals surface area (Å²) < 4.78 is 5.70. The van der Waals surface area contributed by atoms with E-state index in [4.69, 9.17) is 4.74 Å². The average Bonchev–Trinajstić information content (AvgIpc) is 2.55. The molecule has 1 amide bonds. The molecule has 0 bridgehead atoms. The van der Waals surface area contributed by atoms with Crippen molar-refractivity contribution in [2.24, 2.45) is 0 Å². The fourth-order valence-corrected chi connectivity index (χ4v) is 2.91. The van der Waals surface area contributed by atoms with Crippen molar-refractivity contribution in [1.82, 2.24) is 5.32 Å². The van der Waals surface area contributed by atoms with Crippen molar-refractivity contribution < 1.29 is 9.53 Å². The highest BCUT2D eigenvalue weighted by molar-refractivity contribution is 8.00. The second kappa shape index (κ2) is 8.63. The number of thioether (sulfide) groups is 1. The van der Waals surface area contributed by atoms with E-state index in [0.717, 1.165) is 10.6 Å². The fraction of sp³-hybridized carbons (Fsp3) is 0.316. The van der Waals surface area contributed by atoms with Gasteiger partial charge in [-0.2, -0.15) is 0 Å². The molecule has 0 heterocycles. The normalized spacial score (nSPS) is 13.2. The number of benzene rings is 2. The fourth-order valence-electron chi connectivity index (χ4n) is 2.01. The zero-order chi connectivity index (χ0) is 16.7. The smallest absolute Gasteiger partial charge is 0.233 e. The molecule has 2 aromatic carbocycles. The van der Waals surface area contributed by atoms with Crippen LogP contribution in [0.15, 0.2) is 59.5 Å². The van der Waals surface area contributed by atoms with Crippen LogP contribution in [0.2, 0.25) is 0 Å². The highest BCUT2D eigenvalue weighted by Gasteiger charge is 2.16. The Labute approximate surface area is 142 Å². The Kier molecular flexibility index (Phi) is 6.53. The first kappa shape index (κ1) is 17.4. The topological polar surface area (TPSA) is 38.3 Å². The van der Waals surface area contributed by atoms with Crippen LogP contribution in [0, 0.1) is 6.92 Å². The molecule has 0 saturated heterocycles. The maximum atomic E-state index is 12.2. The summed E-state index contributed by atoms with van der Waals surface area (Å²) in [7, 11) is 0. The highest BCUT2D eigenvalue weighted by atomic mass is 32.2. The lowest BCUT2D eigenvalue weighted by atomic mass is 10.2. The lowest BCUT2D eigenvalue weighted by Crippen LogP contribution is -2.40. The van der Waals surface area contributed by atoms with Crippen molar-refractivity contribution in [2.45, 2.75) is 37.0 Å². The van der Waals surface area contributed by atoms with E-state index in [1.807, 2.05) is 75.4 Å². The molecule has 0 spiro atoms. The summed E-state index contributed by atoms with van der Waals surface area (Å²) >= 11 is 1.56. The van der Waals surface area contributed by atoms with Gasteiger partial charge in [-0.15, -0.1) is 11.8 Å². The van der Waals surface area contributed by atoms with Crippen LogP contribution in [-0.4, -0.2) is 23.8 Å². The molecule has 0 unspecified atom stereocenters. The largest absolute Gasteiger partial charge is 0.491 e. The minimum Gasteiger partial charge on any atom is -0.491 e. The van der Waals surface area contributed by atoms with E-state index in [2.05, 4.69) is 5.32 Å². The van der Waals surface area contributed by atoms with E-state index in [1.54, 1.807) is 11.8 Å². The summed E-state index contributed by atoms with van der Waals surface area (Å²) in [6.07, 6.45) is 0. The van der Waals surface area contributed by atoms with Gasteiger partial charge in [0, 0.05) is 4.90 Å². The van der Waals surface area contributed by atoms with E-state index in [1.165, 1.54) is 5.56 Å². The lowest BCUT2D eigenvalue weighted by Gasteiger charge is -2.18. The van der Waals surface area contributed by atoms with Gasteiger partial charge in [0.15, 0.2) is 0 Å². The van der Waals surface area contributed by atoms with Crippen molar-refractivity contribution in [3.8, 4) is 5.75 Å². The van der Waals surface area contributed by atoms with Crippen molar-refractivity contribution in [3.63, 3.8) is 0 Å². The minimum absolute atomic E-state index is 0.0267. The van der Waals surface area contributed by atoms with Crippen molar-refractivity contribution in [1.29, 1.82) is 0 Å². The highest BCUT2D eigenvalue weighted by Crippen LogP contribution is 2.22. The number of nitrogens with one attached hydrogen (secondary N) is 1. The van der Waals surface area contributed by atoms with E-state index >= 15 is 0 Å². The number of aryl methyl sites for hydroxylation is 1. The molecule has 0 aliphatic heterocycles. The van der Waals surface area contributed by atoms with Crippen LogP contribution in [0.1, 0.15) is 19.4 Å². The van der Waals surface area contributed by atoms with Gasteiger partial charge in [-0.25, -0.2) is 0 Å². The molecule has 0 aliphatic rings. The zero-order valence-corrected chi connectivity index (χ0v) is 14.6. The molecule has 122 valence electrons. The molecule has 1 N–H and O–H groups in total. The number of carbonyl (C=O) groups excluding carboxylic acids is 1. The quantitative estimate of drug-likeness (QED) is 0.779. The summed E-state index contributed by atoms with van der Waals surface area (Å²) in [5.41, 5.74) is 1.20. The standard InChI is InChI=1S/C19H23NO2S/c1-14-9-11-17(12-10-14)22-13-15(2)20-19(21)16(3)23-18-7-5-4-6-8-18/h4-12,15-16H,13H2,1-3H3,(H,20,21)/t15-,16-/m1/s1. The molecule has 0 aliphatic carbocycles. The van der Waals surface area contributed by atoms with Crippen molar-refractivity contribution >= 4 is 17.7 Å². The van der Waals surface area contributed by atoms with Crippen molar-refractivity contribution in [3.05, 3.63) is 60.2 Å². The second-order valence-electron chi connectivity index (χ2n) is 5.61. The van der Waals surface area contributed by atoms with Crippen LogP contribution in [0.25, 0.3) is 0 Å². The lowest BCUT2D eigenvalue weighted by molar-refractivity contribution is -0.121. The molecular formula is C19H23NO2S. The molecule has 0 saturated carbocycles. The number of hydrogen-bond donors (Lipinski definition) is 1. The summed E-state index contributed by atoms with van der Waals surface area (Å²) in [5, 5.41) is 2.86. The van der Waals surface area contributed by atoms with Crippen LogP contribution in [0.3, 0.4) is 0 Å². The number of rotatable bonds is 7. The Morgan fingerprint density at radius 1 is 1.09 bits per heavy atom. The molecule has 23 heavy (non-hydrogen) atoms. The molecule has 2 atom stereocenters. The van der Waals surface area contributed by atoms with Crippen LogP contribution in [0.5, 0.6) is 5.75 Å². The summed E-state index contributed by atoms with van der Waals surface area (Å²) in [5.74, 6) is 0.849. The summed E-state index contributed by atoms with van der Waals surface area (Å²) in [6, 6.07) is 17.8. The third kappa shape index (κ3) is 5.99. The average molecular weight is 329 g/mol. The first-order valence-electron chi connectivity index (χ1n) is 7.76.